The summed E-state index contributed by atoms with van der Waals surface area (Å²) in [5.41, 5.74) is 1.06. The molecule has 1 aromatic rings. The number of nitrogens with zero attached hydrogens (tertiary/aromatic N) is 1. The van der Waals surface area contributed by atoms with Gasteiger partial charge in [0.2, 0.25) is 5.01 Å². The molecule has 0 unspecified atom stereocenters. The fraction of sp³-hybridized carbons (Fsp3) is 0.556. The van der Waals surface area contributed by atoms with Crippen LogP contribution in [-0.4, -0.2) is 31.2 Å². The van der Waals surface area contributed by atoms with Crippen molar-refractivity contribution in [1.82, 2.24) is 10.3 Å². The molecule has 0 amide bonds. The minimum Gasteiger partial charge on any atom is -0.464 e. The highest BCUT2D eigenvalue weighted by molar-refractivity contribution is 7.13. The van der Waals surface area contributed by atoms with Gasteiger partial charge in [-0.1, -0.05) is 0 Å². The average Bonchev–Trinajstić information content (AvgIpc) is 2.49. The molecule has 92 valence electrons. The largest absolute Gasteiger partial charge is 0.464 e. The fourth-order valence-electron chi connectivity index (χ4n) is 1.48. The number of nitrogens with one attached hydrogen (secondary N) is 1. The number of thiazole rings is 1. The third kappa shape index (κ3) is 3.31. The number of rotatable bonds is 1. The Morgan fingerprint density at radius 2 is 2.06 bits per heavy atom. The molecule has 2 rings (SSSR count). The first-order chi connectivity index (χ1) is 6.81. The summed E-state index contributed by atoms with van der Waals surface area (Å²) in [4.78, 5) is 16.7. The van der Waals surface area contributed by atoms with Gasteiger partial charge in [0.15, 0.2) is 0 Å². The Hall–Kier alpha value is -0.360. The van der Waals surface area contributed by atoms with E-state index < -0.39 is 0 Å². The molecule has 1 aromatic heterocycles. The molecule has 4 nitrogen and oxygen atoms in total. The van der Waals surface area contributed by atoms with E-state index in [1.54, 1.807) is 0 Å². The molecule has 0 saturated carbocycles. The Kier molecular flexibility index (Phi) is 6.90. The molecule has 0 bridgehead atoms. The summed E-state index contributed by atoms with van der Waals surface area (Å²) in [6.07, 6.45) is 1.87. The summed E-state index contributed by atoms with van der Waals surface area (Å²) < 4.78 is 4.64. The summed E-state index contributed by atoms with van der Waals surface area (Å²) in [6.45, 7) is 1.91. The molecule has 0 atom stereocenters. The van der Waals surface area contributed by atoms with Crippen LogP contribution in [0.2, 0.25) is 0 Å². The van der Waals surface area contributed by atoms with Gasteiger partial charge in [0.1, 0.15) is 0 Å². The van der Waals surface area contributed by atoms with Crippen LogP contribution >= 0.6 is 36.2 Å². The van der Waals surface area contributed by atoms with E-state index in [1.807, 2.05) is 0 Å². The van der Waals surface area contributed by atoms with Crippen molar-refractivity contribution in [2.75, 3.05) is 20.2 Å². The molecule has 7 heteroatoms. The van der Waals surface area contributed by atoms with Gasteiger partial charge in [-0.2, -0.15) is 0 Å². The number of ether oxygens (including phenoxy) is 1. The Labute approximate surface area is 111 Å². The average molecular weight is 285 g/mol. The summed E-state index contributed by atoms with van der Waals surface area (Å²) in [7, 11) is 1.39. The van der Waals surface area contributed by atoms with Crippen LogP contribution in [-0.2, 0) is 17.6 Å². The van der Waals surface area contributed by atoms with Crippen LogP contribution in [0.25, 0.3) is 0 Å². The number of methoxy groups -OCH3 is 1. The zero-order chi connectivity index (χ0) is 9.97. The van der Waals surface area contributed by atoms with Crippen molar-refractivity contribution in [1.29, 1.82) is 0 Å². The van der Waals surface area contributed by atoms with E-state index in [0.717, 1.165) is 31.6 Å². The molecule has 0 spiro atoms. The van der Waals surface area contributed by atoms with Crippen LogP contribution in [0.4, 0.5) is 0 Å². The normalized spacial score (nSPS) is 13.8. The molecule has 1 aliphatic rings. The highest BCUT2D eigenvalue weighted by atomic mass is 35.5. The number of halogens is 2. The molecule has 0 radical (unpaired) electrons. The van der Waals surface area contributed by atoms with E-state index in [-0.39, 0.29) is 30.8 Å². The Balaban J connectivity index is 0.00000112. The molecule has 0 saturated heterocycles. The third-order valence-electron chi connectivity index (χ3n) is 2.21. The first-order valence-corrected chi connectivity index (χ1v) is 5.40. The van der Waals surface area contributed by atoms with E-state index in [0.29, 0.717) is 5.01 Å². The van der Waals surface area contributed by atoms with Crippen LogP contribution in [0.5, 0.6) is 0 Å². The SMILES string of the molecule is COC(=O)c1nc2c(s1)CCNCC2.Cl.Cl. The molecule has 1 N–H and O–H groups in total. The van der Waals surface area contributed by atoms with Crippen LogP contribution in [0.3, 0.4) is 0 Å². The van der Waals surface area contributed by atoms with Gasteiger partial charge < -0.3 is 10.1 Å². The van der Waals surface area contributed by atoms with E-state index in [4.69, 9.17) is 0 Å². The number of carbonyl (C=O) groups is 1. The van der Waals surface area contributed by atoms with Crippen molar-refractivity contribution in [2.24, 2.45) is 0 Å². The molecule has 2 heterocycles. The number of esters is 1. The Morgan fingerprint density at radius 3 is 2.75 bits per heavy atom. The molecular formula is C9H14Cl2N2O2S. The number of carbonyl (C=O) groups excluding carboxylic acids is 1. The highest BCUT2D eigenvalue weighted by Crippen LogP contribution is 2.21. The van der Waals surface area contributed by atoms with Crippen molar-refractivity contribution in [3.8, 4) is 0 Å². The number of hydrogen-bond donors (Lipinski definition) is 1. The maximum atomic E-state index is 11.2. The number of fused-ring (bicyclic) bond motifs is 1. The number of aromatic nitrogens is 1. The van der Waals surface area contributed by atoms with Gasteiger partial charge in [-0.3, -0.25) is 0 Å². The zero-order valence-electron chi connectivity index (χ0n) is 8.82. The van der Waals surface area contributed by atoms with Crippen LogP contribution in [0, 0.1) is 0 Å². The lowest BCUT2D eigenvalue weighted by Gasteiger charge is -1.95. The summed E-state index contributed by atoms with van der Waals surface area (Å²) >= 11 is 1.46. The lowest BCUT2D eigenvalue weighted by atomic mass is 10.2. The van der Waals surface area contributed by atoms with Crippen molar-refractivity contribution < 1.29 is 9.53 Å². The highest BCUT2D eigenvalue weighted by Gasteiger charge is 2.17. The quantitative estimate of drug-likeness (QED) is 0.794. The van der Waals surface area contributed by atoms with Crippen LogP contribution in [0.15, 0.2) is 0 Å². The minimum atomic E-state index is -0.323. The molecular weight excluding hydrogens is 271 g/mol. The van der Waals surface area contributed by atoms with Gasteiger partial charge in [0.05, 0.1) is 12.8 Å². The van der Waals surface area contributed by atoms with Crippen LogP contribution < -0.4 is 5.32 Å². The molecule has 0 fully saturated rings. The second kappa shape index (κ2) is 7.06. The van der Waals surface area contributed by atoms with Gasteiger partial charge >= 0.3 is 5.97 Å². The topological polar surface area (TPSA) is 51.2 Å². The smallest absolute Gasteiger partial charge is 0.367 e. The predicted molar refractivity (Wildman–Crippen MR) is 68.2 cm³/mol. The van der Waals surface area contributed by atoms with Gasteiger partial charge in [-0.05, 0) is 6.42 Å². The summed E-state index contributed by atoms with van der Waals surface area (Å²) in [5, 5.41) is 3.78. The van der Waals surface area contributed by atoms with Gasteiger partial charge in [-0.25, -0.2) is 9.78 Å². The summed E-state index contributed by atoms with van der Waals surface area (Å²) in [6, 6.07) is 0. The molecule has 0 aromatic carbocycles. The van der Waals surface area contributed by atoms with Crippen LogP contribution in [0.1, 0.15) is 20.4 Å². The molecule has 0 aliphatic carbocycles. The second-order valence-corrected chi connectivity index (χ2v) is 4.21. The van der Waals surface area contributed by atoms with E-state index in [1.165, 1.54) is 23.3 Å². The van der Waals surface area contributed by atoms with Crippen molar-refractivity contribution >= 4 is 42.1 Å². The second-order valence-electron chi connectivity index (χ2n) is 3.13. The van der Waals surface area contributed by atoms with Crippen molar-refractivity contribution in [3.63, 3.8) is 0 Å². The minimum absolute atomic E-state index is 0. The van der Waals surface area contributed by atoms with E-state index in [2.05, 4.69) is 15.0 Å². The monoisotopic (exact) mass is 284 g/mol. The first-order valence-electron chi connectivity index (χ1n) is 4.59. The van der Waals surface area contributed by atoms with Crippen molar-refractivity contribution in [2.45, 2.75) is 12.8 Å². The number of hydrogen-bond acceptors (Lipinski definition) is 5. The maximum Gasteiger partial charge on any atom is 0.367 e. The summed E-state index contributed by atoms with van der Waals surface area (Å²) in [5.74, 6) is -0.323. The van der Waals surface area contributed by atoms with E-state index >= 15 is 0 Å². The standard InChI is InChI=1S/C9H12N2O2S.2ClH/c1-13-9(12)8-11-6-2-4-10-5-3-7(6)14-8;;/h10H,2-5H2,1H3;2*1H. The third-order valence-corrected chi connectivity index (χ3v) is 3.34. The Bertz CT molecular complexity index is 334. The Morgan fingerprint density at radius 1 is 1.38 bits per heavy atom. The maximum absolute atomic E-state index is 11.2. The first kappa shape index (κ1) is 15.6. The van der Waals surface area contributed by atoms with Gasteiger partial charge in [-0.15, -0.1) is 36.2 Å². The predicted octanol–water partition coefficient (Wildman–Crippen LogP) is 1.46. The molecule has 16 heavy (non-hydrogen) atoms. The lowest BCUT2D eigenvalue weighted by Crippen LogP contribution is -2.16. The van der Waals surface area contributed by atoms with Gasteiger partial charge in [0, 0.05) is 24.4 Å². The fourth-order valence-corrected chi connectivity index (χ4v) is 2.51. The van der Waals surface area contributed by atoms with Crippen molar-refractivity contribution in [3.05, 3.63) is 15.6 Å². The van der Waals surface area contributed by atoms with E-state index in [9.17, 15) is 4.79 Å². The van der Waals surface area contributed by atoms with Gasteiger partial charge in [0.25, 0.3) is 0 Å². The lowest BCUT2D eigenvalue weighted by molar-refractivity contribution is 0.0600. The molecule has 1 aliphatic heterocycles. The zero-order valence-corrected chi connectivity index (χ0v) is 11.3.